The zero-order chi connectivity index (χ0) is 19.2. The van der Waals surface area contributed by atoms with Crippen molar-refractivity contribution in [2.75, 3.05) is 0 Å². The Kier molecular flexibility index (Phi) is 4.13. The van der Waals surface area contributed by atoms with Crippen molar-refractivity contribution in [3.05, 3.63) is 41.0 Å². The van der Waals surface area contributed by atoms with Gasteiger partial charge in [-0.1, -0.05) is 16.3 Å². The second-order valence-corrected chi connectivity index (χ2v) is 6.44. The van der Waals surface area contributed by atoms with Crippen LogP contribution in [-0.2, 0) is 18.6 Å². The van der Waals surface area contributed by atoms with Crippen LogP contribution in [0.3, 0.4) is 0 Å². The number of benzene rings is 1. The molecule has 0 bridgehead atoms. The van der Waals surface area contributed by atoms with Gasteiger partial charge >= 0.3 is 0 Å². The first-order chi connectivity index (χ1) is 12.8. The molecule has 1 amide bonds. The first-order valence-electron chi connectivity index (χ1n) is 8.20. The van der Waals surface area contributed by atoms with E-state index >= 15 is 0 Å². The van der Waals surface area contributed by atoms with Gasteiger partial charge in [-0.25, -0.2) is 0 Å². The average molecular weight is 355 g/mol. The van der Waals surface area contributed by atoms with E-state index in [2.05, 4.69) is 30.9 Å². The summed E-state index contributed by atoms with van der Waals surface area (Å²) < 4.78 is 5.19. The molecule has 27 heavy (non-hydrogen) atoms. The SMILES string of the molecule is [B]C([B])([B])c1noc(-c2ccc3c(c2)CC[C@H]3NC(=O)c2nnn(C)n2)n1. The summed E-state index contributed by atoms with van der Waals surface area (Å²) in [5, 5.41) is 16.3. The lowest BCUT2D eigenvalue weighted by molar-refractivity contribution is 0.0926. The van der Waals surface area contributed by atoms with E-state index < -0.39 is 5.11 Å². The van der Waals surface area contributed by atoms with E-state index in [1.807, 2.05) is 18.2 Å². The topological polar surface area (TPSA) is 112 Å². The van der Waals surface area contributed by atoms with Crippen molar-refractivity contribution in [2.45, 2.75) is 24.0 Å². The number of hydrogen-bond acceptors (Lipinski definition) is 7. The minimum absolute atomic E-state index is 0.0135. The minimum atomic E-state index is -1.66. The molecular formula is C15H12B3N7O2. The third-order valence-corrected chi connectivity index (χ3v) is 4.30. The monoisotopic (exact) mass is 355 g/mol. The van der Waals surface area contributed by atoms with Gasteiger partial charge in [-0.2, -0.15) is 9.78 Å². The molecule has 1 atom stereocenters. The molecule has 6 radical (unpaired) electrons. The van der Waals surface area contributed by atoms with E-state index in [4.69, 9.17) is 28.1 Å². The van der Waals surface area contributed by atoms with Crippen molar-refractivity contribution in [3.8, 4) is 11.5 Å². The fraction of sp³-hybridized carbons (Fsp3) is 0.333. The first kappa shape index (κ1) is 17.5. The second-order valence-electron chi connectivity index (χ2n) is 6.44. The summed E-state index contributed by atoms with van der Waals surface area (Å²) >= 11 is 0. The number of amides is 1. The van der Waals surface area contributed by atoms with Crippen molar-refractivity contribution in [1.29, 1.82) is 0 Å². The summed E-state index contributed by atoms with van der Waals surface area (Å²) in [5.41, 5.74) is 2.81. The molecule has 3 aromatic rings. The van der Waals surface area contributed by atoms with Gasteiger partial charge in [0.1, 0.15) is 0 Å². The van der Waals surface area contributed by atoms with Crippen LogP contribution in [0, 0.1) is 0 Å². The molecule has 0 fully saturated rings. The zero-order valence-electron chi connectivity index (χ0n) is 14.5. The molecule has 2 aromatic heterocycles. The summed E-state index contributed by atoms with van der Waals surface area (Å²) in [6.45, 7) is 0. The molecule has 2 heterocycles. The smallest absolute Gasteiger partial charge is 0.293 e. The number of carbonyl (C=O) groups excluding carboxylic acids is 1. The van der Waals surface area contributed by atoms with Gasteiger partial charge in [-0.3, -0.25) is 4.79 Å². The van der Waals surface area contributed by atoms with Gasteiger partial charge in [0.2, 0.25) is 0 Å². The van der Waals surface area contributed by atoms with E-state index in [1.54, 1.807) is 7.05 Å². The summed E-state index contributed by atoms with van der Waals surface area (Å²) in [6.07, 6.45) is 1.55. The van der Waals surface area contributed by atoms with Crippen molar-refractivity contribution in [2.24, 2.45) is 7.05 Å². The summed E-state index contributed by atoms with van der Waals surface area (Å²) in [4.78, 5) is 17.6. The fourth-order valence-corrected chi connectivity index (χ4v) is 3.01. The number of tetrazole rings is 1. The molecule has 9 nitrogen and oxygen atoms in total. The minimum Gasteiger partial charge on any atom is -0.342 e. The molecule has 1 aliphatic rings. The van der Waals surface area contributed by atoms with Crippen molar-refractivity contribution >= 4 is 29.4 Å². The molecule has 1 aliphatic carbocycles. The highest BCUT2D eigenvalue weighted by atomic mass is 16.5. The van der Waals surface area contributed by atoms with Crippen LogP contribution in [0.25, 0.3) is 11.5 Å². The Balaban J connectivity index is 1.54. The standard InChI is InChI=1S/C15H12B3N7O2/c1-25-22-11(21-24-25)12(26)19-10-5-3-7-6-8(2-4-9(7)10)13-20-14(23-27-13)15(16,17)18/h2,4,6,10H,3,5H2,1H3,(H,19,26)/t10-/m1/s1. The van der Waals surface area contributed by atoms with Crippen LogP contribution in [-0.4, -0.2) is 59.8 Å². The molecule has 4 rings (SSSR count). The Labute approximate surface area is 158 Å². The van der Waals surface area contributed by atoms with Crippen molar-refractivity contribution in [1.82, 2.24) is 35.7 Å². The van der Waals surface area contributed by atoms with E-state index in [0.717, 1.165) is 29.5 Å². The normalized spacial score (nSPS) is 16.3. The summed E-state index contributed by atoms with van der Waals surface area (Å²) in [5.74, 6) is -0.0408. The fourth-order valence-electron chi connectivity index (χ4n) is 3.01. The van der Waals surface area contributed by atoms with Gasteiger partial charge in [0.25, 0.3) is 17.6 Å². The molecule has 1 aromatic carbocycles. The van der Waals surface area contributed by atoms with Gasteiger partial charge < -0.3 is 9.84 Å². The highest BCUT2D eigenvalue weighted by Gasteiger charge is 2.27. The van der Waals surface area contributed by atoms with Crippen LogP contribution in [0.2, 0.25) is 0 Å². The number of nitrogens with one attached hydrogen (secondary N) is 1. The van der Waals surface area contributed by atoms with E-state index in [9.17, 15) is 4.79 Å². The third-order valence-electron chi connectivity index (χ3n) is 4.30. The largest absolute Gasteiger partial charge is 0.342 e. The number of nitrogens with zero attached hydrogens (tertiary/aromatic N) is 6. The molecule has 0 unspecified atom stereocenters. The molecule has 1 N–H and O–H groups in total. The number of fused-ring (bicyclic) bond motifs is 1. The highest BCUT2D eigenvalue weighted by molar-refractivity contribution is 6.58. The first-order valence-corrected chi connectivity index (χ1v) is 8.20. The quantitative estimate of drug-likeness (QED) is 0.616. The van der Waals surface area contributed by atoms with Gasteiger partial charge in [0, 0.05) is 5.56 Å². The molecule has 0 spiro atoms. The Morgan fingerprint density at radius 2 is 2.19 bits per heavy atom. The Morgan fingerprint density at radius 1 is 1.37 bits per heavy atom. The molecule has 12 heteroatoms. The Morgan fingerprint density at radius 3 is 2.85 bits per heavy atom. The van der Waals surface area contributed by atoms with Crippen LogP contribution >= 0.6 is 0 Å². The van der Waals surface area contributed by atoms with Gasteiger partial charge in [-0.15, -0.1) is 10.2 Å². The highest BCUT2D eigenvalue weighted by Crippen LogP contribution is 2.34. The molecule has 128 valence electrons. The predicted molar refractivity (Wildman–Crippen MR) is 96.0 cm³/mol. The van der Waals surface area contributed by atoms with Crippen LogP contribution < -0.4 is 5.32 Å². The van der Waals surface area contributed by atoms with Crippen LogP contribution in [0.15, 0.2) is 22.7 Å². The van der Waals surface area contributed by atoms with Crippen LogP contribution in [0.4, 0.5) is 0 Å². The predicted octanol–water partition coefficient (Wildman–Crippen LogP) is -0.707. The van der Waals surface area contributed by atoms with Gasteiger partial charge in [0.05, 0.1) is 36.6 Å². The Bertz CT molecular complexity index is 1010. The van der Waals surface area contributed by atoms with Crippen molar-refractivity contribution < 1.29 is 9.32 Å². The number of hydrogen-bond donors (Lipinski definition) is 1. The van der Waals surface area contributed by atoms with E-state index in [1.165, 1.54) is 4.80 Å². The maximum Gasteiger partial charge on any atom is 0.293 e. The molecule has 0 saturated heterocycles. The molecule has 0 saturated carbocycles. The lowest BCUT2D eigenvalue weighted by Crippen LogP contribution is -2.28. The number of rotatable bonds is 4. The maximum absolute atomic E-state index is 12.3. The summed E-state index contributed by atoms with van der Waals surface area (Å²) in [7, 11) is 18.3. The zero-order valence-corrected chi connectivity index (χ0v) is 14.5. The van der Waals surface area contributed by atoms with Crippen LogP contribution in [0.1, 0.15) is 40.0 Å². The molecular weight excluding hydrogens is 343 g/mol. The third kappa shape index (κ3) is 3.39. The number of aromatic nitrogens is 6. The second kappa shape index (κ2) is 6.36. The molecule has 0 aliphatic heterocycles. The van der Waals surface area contributed by atoms with E-state index in [-0.39, 0.29) is 29.5 Å². The van der Waals surface area contributed by atoms with Gasteiger partial charge in [0.15, 0.2) is 5.82 Å². The van der Waals surface area contributed by atoms with E-state index in [0.29, 0.717) is 0 Å². The number of aryl methyl sites for hydroxylation is 2. The number of carbonyl (C=O) groups is 1. The summed E-state index contributed by atoms with van der Waals surface area (Å²) in [6, 6.07) is 5.54. The van der Waals surface area contributed by atoms with Gasteiger partial charge in [-0.05, 0) is 41.3 Å². The van der Waals surface area contributed by atoms with Crippen LogP contribution in [0.5, 0.6) is 0 Å². The average Bonchev–Trinajstić information content (AvgIpc) is 3.33. The maximum atomic E-state index is 12.3. The Hall–Kier alpha value is -2.91. The lowest BCUT2D eigenvalue weighted by atomic mass is 9.42. The van der Waals surface area contributed by atoms with Crippen molar-refractivity contribution in [3.63, 3.8) is 0 Å². The lowest BCUT2D eigenvalue weighted by Gasteiger charge is -2.13.